The van der Waals surface area contributed by atoms with Crippen LogP contribution in [-0.4, -0.2) is 20.6 Å². The minimum atomic E-state index is 0.152. The molecule has 0 spiro atoms. The second-order valence-corrected chi connectivity index (χ2v) is 9.31. The maximum Gasteiger partial charge on any atom is 0.203 e. The zero-order valence-corrected chi connectivity index (χ0v) is 18.8. The van der Waals surface area contributed by atoms with Gasteiger partial charge in [0, 0.05) is 35.4 Å². The molecule has 5 heteroatoms. The Morgan fingerprint density at radius 2 is 1.60 bits per heavy atom. The summed E-state index contributed by atoms with van der Waals surface area (Å²) < 4.78 is 2.11. The highest BCUT2D eigenvalue weighted by atomic mass is 35.5. The van der Waals surface area contributed by atoms with Crippen molar-refractivity contribution in [1.29, 1.82) is 0 Å². The van der Waals surface area contributed by atoms with E-state index in [4.69, 9.17) is 16.6 Å². The minimum absolute atomic E-state index is 0.152. The summed E-state index contributed by atoms with van der Waals surface area (Å²) in [6.07, 6.45) is 1.90. The number of aromatic nitrogens is 3. The van der Waals surface area contributed by atoms with Gasteiger partial charge in [-0.2, -0.15) is 0 Å². The van der Waals surface area contributed by atoms with Crippen LogP contribution in [0.2, 0.25) is 5.02 Å². The van der Waals surface area contributed by atoms with Gasteiger partial charge in [-0.1, -0.05) is 56.6 Å². The van der Waals surface area contributed by atoms with Crippen molar-refractivity contribution >= 4 is 28.6 Å². The summed E-state index contributed by atoms with van der Waals surface area (Å²) in [6, 6.07) is 18.6. The Kier molecular flexibility index (Phi) is 5.29. The largest absolute Gasteiger partial charge is 0.353 e. The number of halogens is 1. The van der Waals surface area contributed by atoms with Crippen LogP contribution in [0, 0.1) is 5.41 Å². The first-order valence-corrected chi connectivity index (χ1v) is 10.6. The number of pyridine rings is 1. The molecule has 1 atom stereocenters. The molecule has 0 aliphatic rings. The number of rotatable bonds is 4. The number of imidazole rings is 1. The first-order chi connectivity index (χ1) is 14.2. The van der Waals surface area contributed by atoms with Crippen LogP contribution in [0.5, 0.6) is 0 Å². The summed E-state index contributed by atoms with van der Waals surface area (Å²) in [5.74, 6) is 0.885. The van der Waals surface area contributed by atoms with Gasteiger partial charge in [0.25, 0.3) is 0 Å². The van der Waals surface area contributed by atoms with E-state index in [1.54, 1.807) is 0 Å². The third-order valence-electron chi connectivity index (χ3n) is 5.76. The number of hydrogen-bond acceptors (Lipinski definition) is 3. The molecule has 2 aromatic heterocycles. The van der Waals surface area contributed by atoms with Crippen LogP contribution in [0.1, 0.15) is 27.7 Å². The highest BCUT2D eigenvalue weighted by Crippen LogP contribution is 2.28. The Morgan fingerprint density at radius 3 is 2.23 bits per heavy atom. The molecule has 0 fully saturated rings. The molecule has 2 heterocycles. The average molecular weight is 419 g/mol. The van der Waals surface area contributed by atoms with Crippen molar-refractivity contribution < 1.29 is 0 Å². The number of aryl methyl sites for hydroxylation is 1. The lowest BCUT2D eigenvalue weighted by molar-refractivity contribution is 0.357. The number of nitrogens with zero attached hydrogens (tertiary/aromatic N) is 3. The molecule has 0 saturated carbocycles. The van der Waals surface area contributed by atoms with Gasteiger partial charge in [-0.3, -0.25) is 4.98 Å². The van der Waals surface area contributed by atoms with Gasteiger partial charge >= 0.3 is 0 Å². The summed E-state index contributed by atoms with van der Waals surface area (Å²) in [5, 5.41) is 4.29. The SMILES string of the molecule is CC(Nc1nc2cc(-c3ccc(-c4ccc(Cl)cc4)cn3)ccc2n1C)C(C)(C)C. The maximum atomic E-state index is 5.99. The molecular formula is C25H27ClN4. The Morgan fingerprint density at radius 1 is 0.933 bits per heavy atom. The predicted molar refractivity (Wildman–Crippen MR) is 127 cm³/mol. The Balaban J connectivity index is 1.62. The van der Waals surface area contributed by atoms with E-state index in [0.29, 0.717) is 6.04 Å². The molecule has 0 saturated heterocycles. The molecule has 154 valence electrons. The van der Waals surface area contributed by atoms with Crippen molar-refractivity contribution in [3.63, 3.8) is 0 Å². The summed E-state index contributed by atoms with van der Waals surface area (Å²) >= 11 is 5.99. The van der Waals surface area contributed by atoms with Crippen LogP contribution >= 0.6 is 11.6 Å². The van der Waals surface area contributed by atoms with E-state index < -0.39 is 0 Å². The van der Waals surface area contributed by atoms with Crippen LogP contribution in [-0.2, 0) is 7.05 Å². The fourth-order valence-electron chi connectivity index (χ4n) is 3.28. The molecule has 0 radical (unpaired) electrons. The molecular weight excluding hydrogens is 392 g/mol. The van der Waals surface area contributed by atoms with Crippen molar-refractivity contribution in [3.8, 4) is 22.4 Å². The van der Waals surface area contributed by atoms with E-state index in [-0.39, 0.29) is 5.41 Å². The van der Waals surface area contributed by atoms with Gasteiger partial charge < -0.3 is 9.88 Å². The molecule has 4 aromatic rings. The summed E-state index contributed by atoms with van der Waals surface area (Å²) in [7, 11) is 2.05. The molecule has 0 bridgehead atoms. The third-order valence-corrected chi connectivity index (χ3v) is 6.01. The molecule has 0 aliphatic heterocycles. The molecule has 0 amide bonds. The van der Waals surface area contributed by atoms with Crippen molar-refractivity contribution in [2.45, 2.75) is 33.7 Å². The van der Waals surface area contributed by atoms with Crippen LogP contribution < -0.4 is 5.32 Å². The lowest BCUT2D eigenvalue weighted by Gasteiger charge is -2.28. The van der Waals surface area contributed by atoms with E-state index in [0.717, 1.165) is 44.4 Å². The molecule has 4 nitrogen and oxygen atoms in total. The molecule has 0 aliphatic carbocycles. The van der Waals surface area contributed by atoms with Gasteiger partial charge in [0.05, 0.1) is 16.7 Å². The second-order valence-electron chi connectivity index (χ2n) is 8.87. The van der Waals surface area contributed by atoms with Crippen molar-refractivity contribution in [2.24, 2.45) is 12.5 Å². The van der Waals surface area contributed by atoms with Crippen LogP contribution in [0.25, 0.3) is 33.4 Å². The standard InChI is InChI=1S/C25H27ClN4/c1-16(25(2,3)4)28-24-29-22-14-18(9-13-23(22)30(24)5)21-12-8-19(15-27-21)17-6-10-20(26)11-7-17/h6-16H,1-5H3,(H,28,29). The molecule has 1 unspecified atom stereocenters. The van der Waals surface area contributed by atoms with Crippen molar-refractivity contribution in [3.05, 3.63) is 65.8 Å². The predicted octanol–water partition coefficient (Wildman–Crippen LogP) is 6.80. The quantitative estimate of drug-likeness (QED) is 0.396. The van der Waals surface area contributed by atoms with E-state index >= 15 is 0 Å². The van der Waals surface area contributed by atoms with Gasteiger partial charge in [-0.05, 0) is 48.2 Å². The van der Waals surface area contributed by atoms with Gasteiger partial charge in [-0.25, -0.2) is 4.98 Å². The fraction of sp³-hybridized carbons (Fsp3) is 0.280. The van der Waals surface area contributed by atoms with Crippen molar-refractivity contribution in [2.75, 3.05) is 5.32 Å². The number of benzene rings is 2. The molecule has 30 heavy (non-hydrogen) atoms. The summed E-state index contributed by atoms with van der Waals surface area (Å²) in [5.41, 5.74) is 6.36. The zero-order valence-electron chi connectivity index (χ0n) is 18.1. The fourth-order valence-corrected chi connectivity index (χ4v) is 3.40. The lowest BCUT2D eigenvalue weighted by Crippen LogP contribution is -2.31. The highest BCUT2D eigenvalue weighted by molar-refractivity contribution is 6.30. The Hall–Kier alpha value is -2.85. The van der Waals surface area contributed by atoms with Crippen LogP contribution in [0.15, 0.2) is 60.8 Å². The topological polar surface area (TPSA) is 42.7 Å². The molecule has 4 rings (SSSR count). The average Bonchev–Trinajstić information content (AvgIpc) is 3.03. The smallest absolute Gasteiger partial charge is 0.203 e. The first kappa shape index (κ1) is 20.4. The van der Waals surface area contributed by atoms with E-state index in [1.165, 1.54) is 0 Å². The van der Waals surface area contributed by atoms with Crippen molar-refractivity contribution in [1.82, 2.24) is 14.5 Å². The lowest BCUT2D eigenvalue weighted by atomic mass is 9.88. The summed E-state index contributed by atoms with van der Waals surface area (Å²) in [4.78, 5) is 9.52. The van der Waals surface area contributed by atoms with Crippen LogP contribution in [0.4, 0.5) is 5.95 Å². The second kappa shape index (κ2) is 7.77. The minimum Gasteiger partial charge on any atom is -0.353 e. The van der Waals surface area contributed by atoms with Gasteiger partial charge in [0.1, 0.15) is 0 Å². The van der Waals surface area contributed by atoms with Gasteiger partial charge in [-0.15, -0.1) is 0 Å². The van der Waals surface area contributed by atoms with E-state index in [1.807, 2.05) is 37.5 Å². The highest BCUT2D eigenvalue weighted by Gasteiger charge is 2.21. The maximum absolute atomic E-state index is 5.99. The van der Waals surface area contributed by atoms with Gasteiger partial charge in [0.15, 0.2) is 0 Å². The zero-order chi connectivity index (χ0) is 21.5. The Bertz CT molecular complexity index is 1170. The number of fused-ring (bicyclic) bond motifs is 1. The molecule has 2 aromatic carbocycles. The van der Waals surface area contributed by atoms with Crippen LogP contribution in [0.3, 0.4) is 0 Å². The number of hydrogen-bond donors (Lipinski definition) is 1. The Labute approximate surface area is 182 Å². The number of anilines is 1. The number of nitrogens with one attached hydrogen (secondary N) is 1. The monoisotopic (exact) mass is 418 g/mol. The third kappa shape index (κ3) is 4.05. The first-order valence-electron chi connectivity index (χ1n) is 10.2. The molecule has 1 N–H and O–H groups in total. The van der Waals surface area contributed by atoms with Gasteiger partial charge in [0.2, 0.25) is 5.95 Å². The normalized spacial score (nSPS) is 12.9. The summed E-state index contributed by atoms with van der Waals surface area (Å²) in [6.45, 7) is 8.87. The van der Waals surface area contributed by atoms with E-state index in [9.17, 15) is 0 Å². The van der Waals surface area contributed by atoms with E-state index in [2.05, 4.69) is 72.9 Å².